The van der Waals surface area contributed by atoms with Gasteiger partial charge in [-0.3, -0.25) is 0 Å². The van der Waals surface area contributed by atoms with Gasteiger partial charge in [-0.15, -0.1) is 0 Å². The summed E-state index contributed by atoms with van der Waals surface area (Å²) in [5.74, 6) is 0. The van der Waals surface area contributed by atoms with E-state index in [2.05, 4.69) is 32.0 Å². The molecule has 2 aliphatic heterocycles. The van der Waals surface area contributed by atoms with Crippen molar-refractivity contribution in [3.05, 3.63) is 34.9 Å². The monoisotopic (exact) mass is 231 g/mol. The van der Waals surface area contributed by atoms with Crippen molar-refractivity contribution in [1.82, 2.24) is 0 Å². The van der Waals surface area contributed by atoms with Crippen LogP contribution in [-0.2, 0) is 11.2 Å². The first-order valence-corrected chi connectivity index (χ1v) is 6.57. The molecule has 0 radical (unpaired) electrons. The highest BCUT2D eigenvalue weighted by atomic mass is 16.5. The van der Waals surface area contributed by atoms with Gasteiger partial charge in [-0.05, 0) is 56.2 Å². The fourth-order valence-electron chi connectivity index (χ4n) is 3.31. The topological polar surface area (TPSA) is 35.2 Å². The fourth-order valence-corrected chi connectivity index (χ4v) is 3.31. The van der Waals surface area contributed by atoms with Crippen LogP contribution in [0.25, 0.3) is 0 Å². The summed E-state index contributed by atoms with van der Waals surface area (Å²) in [6, 6.07) is 6.68. The van der Waals surface area contributed by atoms with Gasteiger partial charge in [0.25, 0.3) is 0 Å². The van der Waals surface area contributed by atoms with Crippen LogP contribution in [0.2, 0.25) is 0 Å². The zero-order chi connectivity index (χ0) is 12.0. The second-order valence-electron chi connectivity index (χ2n) is 5.86. The van der Waals surface area contributed by atoms with E-state index in [1.165, 1.54) is 23.1 Å². The number of aryl methyl sites for hydroxylation is 2. The maximum atomic E-state index is 6.54. The van der Waals surface area contributed by atoms with Crippen molar-refractivity contribution in [2.75, 3.05) is 0 Å². The lowest BCUT2D eigenvalue weighted by atomic mass is 9.78. The van der Waals surface area contributed by atoms with Crippen molar-refractivity contribution in [2.45, 2.75) is 57.3 Å². The number of hydrogen-bond donors (Lipinski definition) is 1. The highest BCUT2D eigenvalue weighted by molar-refractivity contribution is 5.31. The van der Waals surface area contributed by atoms with Crippen molar-refractivity contribution in [3.8, 4) is 0 Å². The van der Waals surface area contributed by atoms with Gasteiger partial charge in [0.15, 0.2) is 0 Å². The minimum atomic E-state index is -0.120. The first kappa shape index (κ1) is 11.2. The van der Waals surface area contributed by atoms with Crippen molar-refractivity contribution in [1.29, 1.82) is 0 Å². The Kier molecular flexibility index (Phi) is 2.53. The van der Waals surface area contributed by atoms with Crippen molar-refractivity contribution in [3.63, 3.8) is 0 Å². The van der Waals surface area contributed by atoms with E-state index >= 15 is 0 Å². The molecule has 1 aromatic rings. The summed E-state index contributed by atoms with van der Waals surface area (Å²) in [4.78, 5) is 0. The first-order chi connectivity index (χ1) is 8.07. The standard InChI is InChI=1S/C15H21NO/c1-10-3-4-12(7-11(10)2)8-15(16)9-13-5-6-14(15)17-13/h3-4,7,13-14H,5-6,8-9,16H2,1-2H3. The van der Waals surface area contributed by atoms with E-state index in [0.29, 0.717) is 6.10 Å². The van der Waals surface area contributed by atoms with E-state index in [1.54, 1.807) is 0 Å². The molecule has 2 saturated heterocycles. The summed E-state index contributed by atoms with van der Waals surface area (Å²) in [6.07, 6.45) is 5.05. The molecule has 3 unspecified atom stereocenters. The number of nitrogens with two attached hydrogens (primary N) is 1. The Balaban J connectivity index is 1.80. The Morgan fingerprint density at radius 2 is 2.12 bits per heavy atom. The molecule has 2 fully saturated rings. The molecule has 0 amide bonds. The molecule has 2 nitrogen and oxygen atoms in total. The van der Waals surface area contributed by atoms with Crippen LogP contribution in [-0.4, -0.2) is 17.7 Å². The summed E-state index contributed by atoms with van der Waals surface area (Å²) < 4.78 is 5.89. The first-order valence-electron chi connectivity index (χ1n) is 6.57. The van der Waals surface area contributed by atoms with Crippen LogP contribution in [0, 0.1) is 13.8 Å². The van der Waals surface area contributed by atoms with Crippen molar-refractivity contribution in [2.24, 2.45) is 5.73 Å². The number of rotatable bonds is 2. The lowest BCUT2D eigenvalue weighted by molar-refractivity contribution is 0.0856. The van der Waals surface area contributed by atoms with Crippen LogP contribution in [0.15, 0.2) is 18.2 Å². The molecule has 3 rings (SSSR count). The zero-order valence-electron chi connectivity index (χ0n) is 10.7. The molecule has 2 aliphatic rings. The van der Waals surface area contributed by atoms with Gasteiger partial charge in [0.1, 0.15) is 0 Å². The van der Waals surface area contributed by atoms with Crippen molar-refractivity contribution >= 4 is 0 Å². The van der Waals surface area contributed by atoms with Gasteiger partial charge in [-0.1, -0.05) is 18.2 Å². The Morgan fingerprint density at radius 1 is 1.29 bits per heavy atom. The number of ether oxygens (including phenoxy) is 1. The molecule has 0 saturated carbocycles. The molecule has 2 bridgehead atoms. The van der Waals surface area contributed by atoms with Crippen LogP contribution in [0.3, 0.4) is 0 Å². The Labute approximate surface area is 103 Å². The molecule has 0 spiro atoms. The largest absolute Gasteiger partial charge is 0.373 e. The number of fused-ring (bicyclic) bond motifs is 2. The lowest BCUT2D eigenvalue weighted by Crippen LogP contribution is -2.50. The Hall–Kier alpha value is -0.860. The van der Waals surface area contributed by atoms with Gasteiger partial charge in [0.05, 0.1) is 12.2 Å². The second kappa shape index (κ2) is 3.82. The molecule has 2 N–H and O–H groups in total. The highest BCUT2D eigenvalue weighted by Crippen LogP contribution is 2.41. The minimum absolute atomic E-state index is 0.120. The zero-order valence-corrected chi connectivity index (χ0v) is 10.7. The number of hydrogen-bond acceptors (Lipinski definition) is 2. The van der Waals surface area contributed by atoms with E-state index in [0.717, 1.165) is 19.3 Å². The second-order valence-corrected chi connectivity index (χ2v) is 5.86. The van der Waals surface area contributed by atoms with Crippen molar-refractivity contribution < 1.29 is 4.74 Å². The molecule has 2 heterocycles. The van der Waals surface area contributed by atoms with Gasteiger partial charge in [-0.2, -0.15) is 0 Å². The van der Waals surface area contributed by atoms with E-state index in [4.69, 9.17) is 10.5 Å². The lowest BCUT2D eigenvalue weighted by Gasteiger charge is -2.31. The molecule has 3 atom stereocenters. The van der Waals surface area contributed by atoms with Gasteiger partial charge >= 0.3 is 0 Å². The van der Waals surface area contributed by atoms with E-state index < -0.39 is 0 Å². The smallest absolute Gasteiger partial charge is 0.0763 e. The predicted octanol–water partition coefficient (Wildman–Crippen LogP) is 2.49. The van der Waals surface area contributed by atoms with E-state index in [1.807, 2.05) is 0 Å². The SMILES string of the molecule is Cc1ccc(CC2(N)CC3CCC2O3)cc1C. The minimum Gasteiger partial charge on any atom is -0.373 e. The maximum absolute atomic E-state index is 6.54. The van der Waals surface area contributed by atoms with Crippen LogP contribution in [0.5, 0.6) is 0 Å². The fraction of sp³-hybridized carbons (Fsp3) is 0.600. The Bertz CT molecular complexity index is 443. The van der Waals surface area contributed by atoms with Crippen LogP contribution >= 0.6 is 0 Å². The summed E-state index contributed by atoms with van der Waals surface area (Å²) in [5, 5.41) is 0. The third-order valence-corrected chi connectivity index (χ3v) is 4.46. The summed E-state index contributed by atoms with van der Waals surface area (Å²) in [7, 11) is 0. The molecule has 92 valence electrons. The molecule has 0 aromatic heterocycles. The average Bonchev–Trinajstić information content (AvgIpc) is 2.83. The van der Waals surface area contributed by atoms with Crippen LogP contribution < -0.4 is 5.73 Å². The Morgan fingerprint density at radius 3 is 2.71 bits per heavy atom. The van der Waals surface area contributed by atoms with Gasteiger partial charge in [-0.25, -0.2) is 0 Å². The highest BCUT2D eigenvalue weighted by Gasteiger charge is 2.49. The van der Waals surface area contributed by atoms with Crippen LogP contribution in [0.1, 0.15) is 36.0 Å². The number of benzene rings is 1. The molecule has 2 heteroatoms. The van der Waals surface area contributed by atoms with Gasteiger partial charge < -0.3 is 10.5 Å². The third kappa shape index (κ3) is 1.90. The summed E-state index contributed by atoms with van der Waals surface area (Å²) in [6.45, 7) is 4.32. The summed E-state index contributed by atoms with van der Waals surface area (Å²) in [5.41, 5.74) is 10.5. The third-order valence-electron chi connectivity index (χ3n) is 4.46. The van der Waals surface area contributed by atoms with Gasteiger partial charge in [0, 0.05) is 5.54 Å². The average molecular weight is 231 g/mol. The molecule has 1 aromatic carbocycles. The molecular weight excluding hydrogens is 210 g/mol. The predicted molar refractivity (Wildman–Crippen MR) is 69.1 cm³/mol. The quantitative estimate of drug-likeness (QED) is 0.848. The molecule has 17 heavy (non-hydrogen) atoms. The molecular formula is C15H21NO. The van der Waals surface area contributed by atoms with E-state index in [-0.39, 0.29) is 11.6 Å². The van der Waals surface area contributed by atoms with Gasteiger partial charge in [0.2, 0.25) is 0 Å². The summed E-state index contributed by atoms with van der Waals surface area (Å²) >= 11 is 0. The van der Waals surface area contributed by atoms with Crippen LogP contribution in [0.4, 0.5) is 0 Å². The van der Waals surface area contributed by atoms with E-state index in [9.17, 15) is 0 Å². The maximum Gasteiger partial charge on any atom is 0.0763 e. The molecule has 0 aliphatic carbocycles. The normalized spacial score (nSPS) is 35.5.